The fraction of sp³-hybridized carbons (Fsp3) is 0.333. The van der Waals surface area contributed by atoms with Gasteiger partial charge >= 0.3 is 11.9 Å². The largest absolute Gasteiger partial charge is 0.480 e. The zero-order valence-electron chi connectivity index (χ0n) is 14.4. The maximum atomic E-state index is 11.9. The average molecular weight is 343 g/mol. The lowest BCUT2D eigenvalue weighted by Gasteiger charge is -2.19. The van der Waals surface area contributed by atoms with Crippen molar-refractivity contribution in [2.24, 2.45) is 5.73 Å². The van der Waals surface area contributed by atoms with Gasteiger partial charge < -0.3 is 15.6 Å². The Morgan fingerprint density at radius 2 is 1.72 bits per heavy atom. The first-order valence-corrected chi connectivity index (χ1v) is 7.79. The third-order valence-corrected chi connectivity index (χ3v) is 3.27. The summed E-state index contributed by atoms with van der Waals surface area (Å²) in [5.74, 6) is -1.05. The van der Waals surface area contributed by atoms with Gasteiger partial charge in [0.25, 0.3) is 0 Å². The van der Waals surface area contributed by atoms with Crippen LogP contribution in [-0.2, 0) is 16.0 Å². The van der Waals surface area contributed by atoms with Crippen molar-refractivity contribution in [1.82, 2.24) is 9.97 Å². The first-order valence-electron chi connectivity index (χ1n) is 7.79. The summed E-state index contributed by atoms with van der Waals surface area (Å²) in [6.45, 7) is 5.37. The minimum atomic E-state index is -1.04. The summed E-state index contributed by atoms with van der Waals surface area (Å²) < 4.78 is 5.26. The summed E-state index contributed by atoms with van der Waals surface area (Å²) in [5, 5.41) is 8.83. The summed E-state index contributed by atoms with van der Waals surface area (Å²) in [6, 6.07) is 6.20. The van der Waals surface area contributed by atoms with Gasteiger partial charge in [-0.1, -0.05) is 24.3 Å². The molecule has 1 aromatic carbocycles. The molecule has 0 aliphatic rings. The van der Waals surface area contributed by atoms with E-state index in [1.54, 1.807) is 45.0 Å². The normalized spacial score (nSPS) is 12.5. The zero-order chi connectivity index (χ0) is 18.6. The molecule has 0 saturated carbocycles. The molecule has 2 aromatic rings. The fourth-order valence-corrected chi connectivity index (χ4v) is 2.05. The van der Waals surface area contributed by atoms with Gasteiger partial charge in [0.2, 0.25) is 0 Å². The molecule has 1 aromatic heterocycles. The van der Waals surface area contributed by atoms with Crippen LogP contribution in [0.2, 0.25) is 0 Å². The Kier molecular flexibility index (Phi) is 5.48. The van der Waals surface area contributed by atoms with Gasteiger partial charge in [-0.25, -0.2) is 14.8 Å². The second-order valence-corrected chi connectivity index (χ2v) is 6.64. The number of aliphatic carboxylic acids is 1. The van der Waals surface area contributed by atoms with Gasteiger partial charge in [-0.15, -0.1) is 0 Å². The van der Waals surface area contributed by atoms with E-state index in [0.29, 0.717) is 5.82 Å². The van der Waals surface area contributed by atoms with Crippen LogP contribution in [0.3, 0.4) is 0 Å². The highest BCUT2D eigenvalue weighted by Gasteiger charge is 2.18. The van der Waals surface area contributed by atoms with Crippen molar-refractivity contribution in [3.05, 3.63) is 47.8 Å². The van der Waals surface area contributed by atoms with Crippen LogP contribution in [-0.4, -0.2) is 38.7 Å². The van der Waals surface area contributed by atoms with Crippen molar-refractivity contribution >= 4 is 11.9 Å². The third kappa shape index (κ3) is 5.36. The van der Waals surface area contributed by atoms with Gasteiger partial charge in [0.1, 0.15) is 11.6 Å². The van der Waals surface area contributed by atoms with Crippen LogP contribution in [0.25, 0.3) is 11.4 Å². The van der Waals surface area contributed by atoms with Gasteiger partial charge in [-0.05, 0) is 32.8 Å². The van der Waals surface area contributed by atoms with E-state index in [0.717, 1.165) is 11.1 Å². The highest BCUT2D eigenvalue weighted by molar-refractivity contribution is 5.89. The molecule has 0 fully saturated rings. The van der Waals surface area contributed by atoms with E-state index in [1.165, 1.54) is 12.4 Å². The van der Waals surface area contributed by atoms with Crippen LogP contribution >= 0.6 is 0 Å². The van der Waals surface area contributed by atoms with Gasteiger partial charge in [0.05, 0.1) is 5.56 Å². The highest BCUT2D eigenvalue weighted by Crippen LogP contribution is 2.17. The summed E-state index contributed by atoms with van der Waals surface area (Å²) in [6.07, 6.45) is 3.09. The number of benzene rings is 1. The Labute approximate surface area is 145 Å². The molecule has 132 valence electrons. The van der Waals surface area contributed by atoms with E-state index < -0.39 is 23.6 Å². The Morgan fingerprint density at radius 1 is 1.16 bits per heavy atom. The summed E-state index contributed by atoms with van der Waals surface area (Å²) in [4.78, 5) is 31.1. The van der Waals surface area contributed by atoms with Crippen LogP contribution in [0.1, 0.15) is 36.7 Å². The molecule has 1 atom stereocenters. The minimum absolute atomic E-state index is 0.244. The van der Waals surface area contributed by atoms with Crippen LogP contribution in [0.15, 0.2) is 36.7 Å². The molecule has 7 nitrogen and oxygen atoms in total. The van der Waals surface area contributed by atoms with Crippen molar-refractivity contribution < 1.29 is 19.4 Å². The molecule has 0 bridgehead atoms. The Hall–Kier alpha value is -2.80. The van der Waals surface area contributed by atoms with Crippen LogP contribution in [0.4, 0.5) is 0 Å². The SMILES string of the molecule is CC(C)(C)OC(=O)c1cnc(-c2ccc(C[C@H](N)C(=O)O)cc2)nc1. The second-order valence-electron chi connectivity index (χ2n) is 6.64. The molecule has 7 heteroatoms. The number of ether oxygens (including phenoxy) is 1. The second kappa shape index (κ2) is 7.40. The number of carbonyl (C=O) groups excluding carboxylic acids is 1. The van der Waals surface area contributed by atoms with Crippen molar-refractivity contribution in [3.8, 4) is 11.4 Å². The topological polar surface area (TPSA) is 115 Å². The van der Waals surface area contributed by atoms with Crippen LogP contribution in [0, 0.1) is 0 Å². The standard InChI is InChI=1S/C18H21N3O4/c1-18(2,3)25-17(24)13-9-20-15(21-10-13)12-6-4-11(5-7-12)8-14(19)16(22)23/h4-7,9-10,14H,8,19H2,1-3H3,(H,22,23)/t14-/m0/s1. The predicted octanol–water partition coefficient (Wildman–Crippen LogP) is 2.05. The molecule has 0 aliphatic heterocycles. The number of carbonyl (C=O) groups is 2. The van der Waals surface area contributed by atoms with E-state index in [1.807, 2.05) is 0 Å². The molecule has 25 heavy (non-hydrogen) atoms. The quantitative estimate of drug-likeness (QED) is 0.798. The molecule has 3 N–H and O–H groups in total. The van der Waals surface area contributed by atoms with Gasteiger partial charge in [-0.2, -0.15) is 0 Å². The number of nitrogens with two attached hydrogens (primary N) is 1. The highest BCUT2D eigenvalue weighted by atomic mass is 16.6. The van der Waals surface area contributed by atoms with E-state index in [9.17, 15) is 9.59 Å². The maximum Gasteiger partial charge on any atom is 0.341 e. The molecule has 0 radical (unpaired) electrons. The lowest BCUT2D eigenvalue weighted by Crippen LogP contribution is -2.32. The van der Waals surface area contributed by atoms with Gasteiger partial charge in [-0.3, -0.25) is 4.79 Å². The lowest BCUT2D eigenvalue weighted by atomic mass is 10.0. The number of carboxylic acids is 1. The molecule has 0 aliphatic carbocycles. The smallest absolute Gasteiger partial charge is 0.341 e. The minimum Gasteiger partial charge on any atom is -0.480 e. The van der Waals surface area contributed by atoms with Crippen molar-refractivity contribution in [2.45, 2.75) is 38.8 Å². The molecular weight excluding hydrogens is 322 g/mol. The number of aromatic nitrogens is 2. The molecule has 0 spiro atoms. The molecule has 0 amide bonds. The van der Waals surface area contributed by atoms with Crippen LogP contribution in [0.5, 0.6) is 0 Å². The molecule has 0 saturated heterocycles. The van der Waals surface area contributed by atoms with E-state index >= 15 is 0 Å². The summed E-state index contributed by atoms with van der Waals surface area (Å²) in [5.41, 5.74) is 6.78. The van der Waals surface area contributed by atoms with Gasteiger partial charge in [0.15, 0.2) is 5.82 Å². The zero-order valence-corrected chi connectivity index (χ0v) is 14.4. The predicted molar refractivity (Wildman–Crippen MR) is 92.0 cm³/mol. The average Bonchev–Trinajstić information content (AvgIpc) is 2.54. The first kappa shape index (κ1) is 18.5. The number of esters is 1. The van der Waals surface area contributed by atoms with E-state index in [2.05, 4.69) is 9.97 Å². The summed E-state index contributed by atoms with van der Waals surface area (Å²) in [7, 11) is 0. The number of nitrogens with zero attached hydrogens (tertiary/aromatic N) is 2. The summed E-state index contributed by atoms with van der Waals surface area (Å²) >= 11 is 0. The molecule has 0 unspecified atom stereocenters. The number of hydrogen-bond donors (Lipinski definition) is 2. The number of carboxylic acid groups (broad SMARTS) is 1. The monoisotopic (exact) mass is 343 g/mol. The molecule has 1 heterocycles. The van der Waals surface area contributed by atoms with Gasteiger partial charge in [0, 0.05) is 18.0 Å². The Balaban J connectivity index is 2.09. The first-order chi connectivity index (χ1) is 11.7. The Morgan fingerprint density at radius 3 is 2.20 bits per heavy atom. The molecule has 2 rings (SSSR count). The number of rotatable bonds is 5. The Bertz CT molecular complexity index is 749. The number of hydrogen-bond acceptors (Lipinski definition) is 6. The van der Waals surface area contributed by atoms with E-state index in [-0.39, 0.29) is 12.0 Å². The van der Waals surface area contributed by atoms with Crippen molar-refractivity contribution in [1.29, 1.82) is 0 Å². The van der Waals surface area contributed by atoms with Crippen LogP contribution < -0.4 is 5.73 Å². The lowest BCUT2D eigenvalue weighted by molar-refractivity contribution is -0.138. The fourth-order valence-electron chi connectivity index (χ4n) is 2.05. The maximum absolute atomic E-state index is 11.9. The van der Waals surface area contributed by atoms with E-state index in [4.69, 9.17) is 15.6 Å². The van der Waals surface area contributed by atoms with Crippen molar-refractivity contribution in [3.63, 3.8) is 0 Å². The molecular formula is C18H21N3O4. The van der Waals surface area contributed by atoms with Crippen molar-refractivity contribution in [2.75, 3.05) is 0 Å². The third-order valence-electron chi connectivity index (χ3n) is 3.27.